The third-order valence-electron chi connectivity index (χ3n) is 6.67. The van der Waals surface area contributed by atoms with E-state index in [0.717, 1.165) is 10.0 Å². The van der Waals surface area contributed by atoms with Crippen LogP contribution < -0.4 is 15.4 Å². The van der Waals surface area contributed by atoms with Gasteiger partial charge in [0.05, 0.1) is 16.0 Å². The first-order chi connectivity index (χ1) is 16.7. The number of fused-ring (bicyclic) bond motifs is 2. The third-order valence-corrected chi connectivity index (χ3v) is 7.90. The fraction of sp³-hybridized carbons (Fsp3) is 0.240. The molecule has 2 aliphatic heterocycles. The van der Waals surface area contributed by atoms with Gasteiger partial charge in [-0.1, -0.05) is 63.4 Å². The lowest BCUT2D eigenvalue weighted by atomic mass is 9.78. The summed E-state index contributed by atoms with van der Waals surface area (Å²) >= 11 is 15.6. The van der Waals surface area contributed by atoms with Gasteiger partial charge in [-0.15, -0.1) is 0 Å². The number of nitro groups is 1. The van der Waals surface area contributed by atoms with Crippen LogP contribution in [0.2, 0.25) is 10.0 Å². The molecule has 0 bridgehead atoms. The first-order valence-corrected chi connectivity index (χ1v) is 12.5. The molecule has 1 amide bonds. The number of hydrogen-bond acceptors (Lipinski definition) is 5. The summed E-state index contributed by atoms with van der Waals surface area (Å²) in [6.07, 6.45) is 0. The highest BCUT2D eigenvalue weighted by Crippen LogP contribution is 2.51. The topological polar surface area (TPSA) is 93.5 Å². The van der Waals surface area contributed by atoms with E-state index in [0.29, 0.717) is 32.6 Å². The van der Waals surface area contributed by atoms with Crippen molar-refractivity contribution in [2.45, 2.75) is 37.1 Å². The number of nitrogens with zero attached hydrogens (tertiary/aromatic N) is 1. The molecule has 1 saturated heterocycles. The van der Waals surface area contributed by atoms with Gasteiger partial charge < -0.3 is 10.1 Å². The lowest BCUT2D eigenvalue weighted by Crippen LogP contribution is -2.54. The van der Waals surface area contributed by atoms with Gasteiger partial charge in [0.1, 0.15) is 12.4 Å². The molecule has 180 valence electrons. The molecule has 35 heavy (non-hydrogen) atoms. The molecule has 0 aromatic heterocycles. The number of halogens is 3. The predicted molar refractivity (Wildman–Crippen MR) is 138 cm³/mol. The van der Waals surface area contributed by atoms with E-state index in [1.165, 1.54) is 0 Å². The lowest BCUT2D eigenvalue weighted by Gasteiger charge is -2.26. The van der Waals surface area contributed by atoms with Crippen LogP contribution >= 0.6 is 39.1 Å². The molecule has 1 fully saturated rings. The second-order valence-corrected chi connectivity index (χ2v) is 10.4. The largest absolute Gasteiger partial charge is 0.489 e. The molecule has 0 unspecified atom stereocenters. The van der Waals surface area contributed by atoms with Gasteiger partial charge in [0.15, 0.2) is 5.54 Å². The average molecular weight is 577 g/mol. The van der Waals surface area contributed by atoms with Crippen LogP contribution in [0.3, 0.4) is 0 Å². The van der Waals surface area contributed by atoms with Crippen molar-refractivity contribution in [3.8, 4) is 5.75 Å². The Morgan fingerprint density at radius 2 is 1.89 bits per heavy atom. The normalized spacial score (nSPS) is 24.9. The van der Waals surface area contributed by atoms with Crippen molar-refractivity contribution >= 4 is 50.7 Å². The van der Waals surface area contributed by atoms with Gasteiger partial charge in [-0.2, -0.15) is 0 Å². The van der Waals surface area contributed by atoms with Crippen LogP contribution in [0, 0.1) is 10.1 Å². The van der Waals surface area contributed by atoms with E-state index in [1.54, 1.807) is 48.5 Å². The molecule has 2 heterocycles. The van der Waals surface area contributed by atoms with Crippen LogP contribution in [-0.4, -0.2) is 22.9 Å². The highest BCUT2D eigenvalue weighted by atomic mass is 79.9. The minimum Gasteiger partial charge on any atom is -0.489 e. The van der Waals surface area contributed by atoms with E-state index in [4.69, 9.17) is 27.9 Å². The van der Waals surface area contributed by atoms with Gasteiger partial charge in [-0.3, -0.25) is 20.2 Å². The van der Waals surface area contributed by atoms with Gasteiger partial charge in [0.25, 0.3) is 11.9 Å². The van der Waals surface area contributed by atoms with E-state index in [-0.39, 0.29) is 11.5 Å². The quantitative estimate of drug-likeness (QED) is 0.291. The Morgan fingerprint density at radius 3 is 2.63 bits per heavy atom. The zero-order chi connectivity index (χ0) is 24.9. The second kappa shape index (κ2) is 9.09. The Bertz CT molecular complexity index is 1350. The van der Waals surface area contributed by atoms with Crippen LogP contribution in [0.5, 0.6) is 5.75 Å². The van der Waals surface area contributed by atoms with Gasteiger partial charge in [-0.05, 0) is 48.9 Å². The molecule has 4 atom stereocenters. The van der Waals surface area contributed by atoms with Crippen LogP contribution in [0.4, 0.5) is 5.69 Å². The Labute approximate surface area is 220 Å². The summed E-state index contributed by atoms with van der Waals surface area (Å²) in [5.74, 6) is -0.584. The second-order valence-electron chi connectivity index (χ2n) is 8.72. The third kappa shape index (κ3) is 3.98. The van der Waals surface area contributed by atoms with Crippen molar-refractivity contribution in [1.82, 2.24) is 5.32 Å². The van der Waals surface area contributed by atoms with Crippen LogP contribution in [-0.2, 0) is 16.9 Å². The first kappa shape index (κ1) is 24.1. The van der Waals surface area contributed by atoms with Gasteiger partial charge in [0, 0.05) is 32.3 Å². The molecule has 7 nitrogen and oxygen atoms in total. The van der Waals surface area contributed by atoms with E-state index >= 15 is 0 Å². The highest BCUT2D eigenvalue weighted by molar-refractivity contribution is 9.10. The van der Waals surface area contributed by atoms with Crippen LogP contribution in [0.25, 0.3) is 0 Å². The van der Waals surface area contributed by atoms with Crippen LogP contribution in [0.1, 0.15) is 29.5 Å². The fourth-order valence-corrected chi connectivity index (χ4v) is 5.92. The maximum absolute atomic E-state index is 13.3. The summed E-state index contributed by atoms with van der Waals surface area (Å²) in [6, 6.07) is 16.0. The van der Waals surface area contributed by atoms with E-state index < -0.39 is 29.4 Å². The molecule has 5 rings (SSSR count). The Balaban J connectivity index is 1.56. The SMILES string of the molecule is C[C@@H]1N[C@]2(C(=O)Nc3ccccc32)[C@@H]([N+](=O)[O-])[C@H]1c1cc(Br)ccc1OCc1ccc(Cl)c(Cl)c1. The zero-order valence-electron chi connectivity index (χ0n) is 18.4. The van der Waals surface area contributed by atoms with Crippen LogP contribution in [0.15, 0.2) is 65.1 Å². The van der Waals surface area contributed by atoms with E-state index in [2.05, 4.69) is 26.6 Å². The number of para-hydroxylation sites is 1. The molecule has 0 aliphatic carbocycles. The summed E-state index contributed by atoms with van der Waals surface area (Å²) < 4.78 is 6.89. The van der Waals surface area contributed by atoms with Crippen molar-refractivity contribution in [1.29, 1.82) is 0 Å². The fourth-order valence-electron chi connectivity index (χ4n) is 5.22. The number of carbonyl (C=O) groups excluding carboxylic acids is 1. The Kier molecular flexibility index (Phi) is 6.25. The molecular formula is C25H20BrCl2N3O4. The van der Waals surface area contributed by atoms with Crippen molar-refractivity contribution in [3.63, 3.8) is 0 Å². The molecule has 0 saturated carbocycles. The highest BCUT2D eigenvalue weighted by Gasteiger charge is 2.68. The van der Waals surface area contributed by atoms with Crippen molar-refractivity contribution < 1.29 is 14.5 Å². The monoisotopic (exact) mass is 575 g/mol. The van der Waals surface area contributed by atoms with Gasteiger partial charge in [-0.25, -0.2) is 0 Å². The molecule has 2 N–H and O–H groups in total. The summed E-state index contributed by atoms with van der Waals surface area (Å²) in [5.41, 5.74) is 1.10. The minimum absolute atomic E-state index is 0.192. The Morgan fingerprint density at radius 1 is 1.11 bits per heavy atom. The first-order valence-electron chi connectivity index (χ1n) is 10.9. The zero-order valence-corrected chi connectivity index (χ0v) is 21.5. The van der Waals surface area contributed by atoms with E-state index in [1.807, 2.05) is 19.1 Å². The minimum atomic E-state index is -1.49. The summed E-state index contributed by atoms with van der Waals surface area (Å²) in [7, 11) is 0. The predicted octanol–water partition coefficient (Wildman–Crippen LogP) is 5.90. The number of hydrogen-bond donors (Lipinski definition) is 2. The average Bonchev–Trinajstić information content (AvgIpc) is 3.29. The molecule has 0 radical (unpaired) electrons. The van der Waals surface area contributed by atoms with E-state index in [9.17, 15) is 14.9 Å². The maximum Gasteiger partial charge on any atom is 0.256 e. The number of carbonyl (C=O) groups is 1. The molecule has 10 heteroatoms. The molecule has 1 spiro atoms. The molecule has 2 aliphatic rings. The Hall–Kier alpha value is -2.65. The molecule has 3 aromatic rings. The maximum atomic E-state index is 13.3. The number of nitrogens with one attached hydrogen (secondary N) is 2. The number of rotatable bonds is 5. The number of amides is 1. The van der Waals surface area contributed by atoms with Crippen molar-refractivity contribution in [2.75, 3.05) is 5.32 Å². The summed E-state index contributed by atoms with van der Waals surface area (Å²) in [6.45, 7) is 2.05. The molecule has 3 aromatic carbocycles. The number of ether oxygens (including phenoxy) is 1. The summed E-state index contributed by atoms with van der Waals surface area (Å²) in [5, 5.41) is 19.6. The lowest BCUT2D eigenvalue weighted by molar-refractivity contribution is -0.532. The van der Waals surface area contributed by atoms with Gasteiger partial charge in [0.2, 0.25) is 0 Å². The smallest absolute Gasteiger partial charge is 0.256 e. The van der Waals surface area contributed by atoms with Crippen molar-refractivity contribution in [2.24, 2.45) is 0 Å². The number of benzene rings is 3. The number of anilines is 1. The molecular weight excluding hydrogens is 557 g/mol. The van der Waals surface area contributed by atoms with Gasteiger partial charge >= 0.3 is 0 Å². The standard InChI is InChI=1S/C25H20BrCl2N3O4/c1-13-22(23(31(33)34)25(30-13)17-4-2-3-5-20(17)29-24(25)32)16-11-15(26)7-9-21(16)35-12-14-6-8-18(27)19(28)10-14/h2-11,13,22-23,30H,12H2,1H3,(H,29,32)/t13-,22+,23-,25-/m0/s1. The summed E-state index contributed by atoms with van der Waals surface area (Å²) in [4.78, 5) is 25.5. The van der Waals surface area contributed by atoms with Crippen molar-refractivity contribution in [3.05, 3.63) is 102 Å².